The molecular formula is C19H18FNO3. The Morgan fingerprint density at radius 1 is 1.33 bits per heavy atom. The van der Waals surface area contributed by atoms with Crippen LogP contribution in [0.2, 0.25) is 0 Å². The number of fused-ring (bicyclic) bond motifs is 1. The molecule has 2 aromatic rings. The Balaban J connectivity index is 1.94. The van der Waals surface area contributed by atoms with E-state index in [0.717, 1.165) is 5.57 Å². The van der Waals surface area contributed by atoms with E-state index < -0.39 is 6.10 Å². The van der Waals surface area contributed by atoms with Crippen LogP contribution in [0.3, 0.4) is 0 Å². The van der Waals surface area contributed by atoms with Crippen LogP contribution >= 0.6 is 0 Å². The molecule has 4 nitrogen and oxygen atoms in total. The molecule has 2 aromatic carbocycles. The van der Waals surface area contributed by atoms with Gasteiger partial charge in [-0.05, 0) is 36.8 Å². The first kappa shape index (κ1) is 16.1. The maximum Gasteiger partial charge on any atom is 0.268 e. The topological polar surface area (TPSA) is 49.8 Å². The second kappa shape index (κ2) is 6.35. The van der Waals surface area contributed by atoms with Gasteiger partial charge in [0.25, 0.3) is 5.91 Å². The highest BCUT2D eigenvalue weighted by Crippen LogP contribution is 2.37. The van der Waals surface area contributed by atoms with Gasteiger partial charge in [-0.15, -0.1) is 0 Å². The van der Waals surface area contributed by atoms with Crippen molar-refractivity contribution in [2.45, 2.75) is 19.4 Å². The number of amides is 1. The molecule has 0 radical (unpaired) electrons. The van der Waals surface area contributed by atoms with Crippen LogP contribution in [0.4, 0.5) is 10.1 Å². The summed E-state index contributed by atoms with van der Waals surface area (Å²) in [6.45, 7) is 6.01. The fourth-order valence-corrected chi connectivity index (χ4v) is 2.75. The maximum absolute atomic E-state index is 13.4. The highest BCUT2D eigenvalue weighted by molar-refractivity contribution is 6.00. The average Bonchev–Trinajstić information content (AvgIpc) is 2.52. The van der Waals surface area contributed by atoms with E-state index in [1.165, 1.54) is 24.3 Å². The quantitative estimate of drug-likeness (QED) is 0.875. The standard InChI is InChI=1S/C19H18FNO3/c1-12(2)11-21-16-10-15(22)6-7-17(16)24-18(19(21)23)9-13-4-3-5-14(20)8-13/h3-8,10,18,22H,1,9,11H2,2H3. The highest BCUT2D eigenvalue weighted by atomic mass is 19.1. The number of anilines is 1. The molecule has 124 valence electrons. The zero-order chi connectivity index (χ0) is 17.3. The molecular weight excluding hydrogens is 309 g/mol. The molecule has 1 aliphatic rings. The number of phenolic OH excluding ortho intramolecular Hbond substituents is 1. The maximum atomic E-state index is 13.4. The van der Waals surface area contributed by atoms with Gasteiger partial charge >= 0.3 is 0 Å². The van der Waals surface area contributed by atoms with Crippen molar-refractivity contribution in [3.8, 4) is 11.5 Å². The molecule has 0 bridgehead atoms. The normalized spacial score (nSPS) is 16.5. The number of aromatic hydroxyl groups is 1. The Kier molecular flexibility index (Phi) is 4.25. The van der Waals surface area contributed by atoms with Gasteiger partial charge in [-0.1, -0.05) is 24.3 Å². The minimum atomic E-state index is -0.747. The summed E-state index contributed by atoms with van der Waals surface area (Å²) in [5.74, 6) is -0.0178. The third-order valence-corrected chi connectivity index (χ3v) is 3.78. The van der Waals surface area contributed by atoms with Crippen LogP contribution in [-0.2, 0) is 11.2 Å². The Labute approximate surface area is 139 Å². The van der Waals surface area contributed by atoms with E-state index in [9.17, 15) is 14.3 Å². The molecule has 5 heteroatoms. The molecule has 0 saturated heterocycles. The minimum absolute atomic E-state index is 0.0560. The van der Waals surface area contributed by atoms with Crippen molar-refractivity contribution in [2.75, 3.05) is 11.4 Å². The van der Waals surface area contributed by atoms with Gasteiger partial charge in [0.2, 0.25) is 0 Å². The molecule has 24 heavy (non-hydrogen) atoms. The summed E-state index contributed by atoms with van der Waals surface area (Å²) in [5.41, 5.74) is 2.01. The third kappa shape index (κ3) is 3.25. The van der Waals surface area contributed by atoms with Crippen molar-refractivity contribution in [3.05, 3.63) is 66.0 Å². The second-order valence-electron chi connectivity index (χ2n) is 5.97. The van der Waals surface area contributed by atoms with Crippen molar-refractivity contribution in [1.29, 1.82) is 0 Å². The van der Waals surface area contributed by atoms with Crippen LogP contribution in [0.15, 0.2) is 54.6 Å². The average molecular weight is 327 g/mol. The van der Waals surface area contributed by atoms with Crippen LogP contribution < -0.4 is 9.64 Å². The smallest absolute Gasteiger partial charge is 0.268 e. The molecule has 0 aromatic heterocycles. The van der Waals surface area contributed by atoms with E-state index >= 15 is 0 Å². The van der Waals surface area contributed by atoms with Crippen LogP contribution in [0.1, 0.15) is 12.5 Å². The number of rotatable bonds is 4. The number of carbonyl (C=O) groups is 1. The van der Waals surface area contributed by atoms with Gasteiger partial charge in [-0.3, -0.25) is 4.79 Å². The Bertz CT molecular complexity index is 803. The van der Waals surface area contributed by atoms with E-state index in [0.29, 0.717) is 23.5 Å². The highest BCUT2D eigenvalue weighted by Gasteiger charge is 2.34. The number of ether oxygens (including phenoxy) is 1. The molecule has 0 aliphatic carbocycles. The molecule has 1 N–H and O–H groups in total. The zero-order valence-corrected chi connectivity index (χ0v) is 13.3. The van der Waals surface area contributed by atoms with Crippen molar-refractivity contribution < 1.29 is 19.0 Å². The zero-order valence-electron chi connectivity index (χ0n) is 13.3. The third-order valence-electron chi connectivity index (χ3n) is 3.78. The minimum Gasteiger partial charge on any atom is -0.508 e. The van der Waals surface area contributed by atoms with Crippen molar-refractivity contribution >= 4 is 11.6 Å². The lowest BCUT2D eigenvalue weighted by Gasteiger charge is -2.34. The van der Waals surface area contributed by atoms with Gasteiger partial charge < -0.3 is 14.7 Å². The number of benzene rings is 2. The van der Waals surface area contributed by atoms with E-state index in [2.05, 4.69) is 6.58 Å². The molecule has 0 spiro atoms. The summed E-state index contributed by atoms with van der Waals surface area (Å²) < 4.78 is 19.2. The fourth-order valence-electron chi connectivity index (χ4n) is 2.75. The molecule has 1 amide bonds. The summed E-state index contributed by atoms with van der Waals surface area (Å²) >= 11 is 0. The van der Waals surface area contributed by atoms with Gasteiger partial charge in [0.1, 0.15) is 17.3 Å². The summed E-state index contributed by atoms with van der Waals surface area (Å²) in [6, 6.07) is 10.7. The predicted molar refractivity (Wildman–Crippen MR) is 89.8 cm³/mol. The van der Waals surface area contributed by atoms with Gasteiger partial charge in [0.05, 0.1) is 5.69 Å². The van der Waals surface area contributed by atoms with Crippen molar-refractivity contribution in [1.82, 2.24) is 0 Å². The summed E-state index contributed by atoms with van der Waals surface area (Å²) in [4.78, 5) is 14.4. The largest absolute Gasteiger partial charge is 0.508 e. The lowest BCUT2D eigenvalue weighted by molar-refractivity contribution is -0.126. The number of halogens is 1. The van der Waals surface area contributed by atoms with E-state index in [1.54, 1.807) is 23.1 Å². The summed E-state index contributed by atoms with van der Waals surface area (Å²) in [5, 5.41) is 9.70. The van der Waals surface area contributed by atoms with Gasteiger partial charge in [0.15, 0.2) is 6.10 Å². The van der Waals surface area contributed by atoms with Gasteiger partial charge in [-0.25, -0.2) is 4.39 Å². The van der Waals surface area contributed by atoms with Crippen molar-refractivity contribution in [3.63, 3.8) is 0 Å². The lowest BCUT2D eigenvalue weighted by atomic mass is 10.0. The molecule has 1 atom stereocenters. The number of phenols is 1. The molecule has 0 fully saturated rings. The van der Waals surface area contributed by atoms with E-state index in [-0.39, 0.29) is 23.9 Å². The molecule has 3 rings (SSSR count). The summed E-state index contributed by atoms with van der Waals surface area (Å²) in [6.07, 6.45) is -0.480. The van der Waals surface area contributed by atoms with Crippen LogP contribution in [-0.4, -0.2) is 23.7 Å². The van der Waals surface area contributed by atoms with E-state index in [4.69, 9.17) is 4.74 Å². The van der Waals surface area contributed by atoms with Crippen LogP contribution in [0.25, 0.3) is 0 Å². The predicted octanol–water partition coefficient (Wildman–Crippen LogP) is 3.44. The fraction of sp³-hybridized carbons (Fsp3) is 0.211. The number of nitrogens with zero attached hydrogens (tertiary/aromatic N) is 1. The monoisotopic (exact) mass is 327 g/mol. The number of hydrogen-bond donors (Lipinski definition) is 1. The first-order valence-electron chi connectivity index (χ1n) is 7.64. The molecule has 1 heterocycles. The Morgan fingerprint density at radius 2 is 2.12 bits per heavy atom. The second-order valence-corrected chi connectivity index (χ2v) is 5.97. The SMILES string of the molecule is C=C(C)CN1C(=O)C(Cc2cccc(F)c2)Oc2ccc(O)cc21. The Morgan fingerprint density at radius 3 is 2.83 bits per heavy atom. The number of hydrogen-bond acceptors (Lipinski definition) is 3. The first-order valence-corrected chi connectivity index (χ1v) is 7.64. The summed E-state index contributed by atoms with van der Waals surface area (Å²) in [7, 11) is 0. The lowest BCUT2D eigenvalue weighted by Crippen LogP contribution is -2.47. The van der Waals surface area contributed by atoms with Gasteiger partial charge in [-0.2, -0.15) is 0 Å². The van der Waals surface area contributed by atoms with E-state index in [1.807, 2.05) is 6.92 Å². The molecule has 0 saturated carbocycles. The van der Waals surface area contributed by atoms with Crippen LogP contribution in [0.5, 0.6) is 11.5 Å². The number of carbonyl (C=O) groups excluding carboxylic acids is 1. The first-order chi connectivity index (χ1) is 11.4. The van der Waals surface area contributed by atoms with Crippen molar-refractivity contribution in [2.24, 2.45) is 0 Å². The molecule has 1 unspecified atom stereocenters. The van der Waals surface area contributed by atoms with Gasteiger partial charge in [0, 0.05) is 19.0 Å². The van der Waals surface area contributed by atoms with Crippen LogP contribution in [0, 0.1) is 5.82 Å². The molecule has 1 aliphatic heterocycles. The Hall–Kier alpha value is -2.82.